The van der Waals surface area contributed by atoms with E-state index in [0.29, 0.717) is 24.2 Å². The highest BCUT2D eigenvalue weighted by atomic mass is 16.2. The van der Waals surface area contributed by atoms with Gasteiger partial charge in [0.05, 0.1) is 22.8 Å². The van der Waals surface area contributed by atoms with Crippen LogP contribution in [0, 0.1) is 0 Å². The van der Waals surface area contributed by atoms with Gasteiger partial charge in [-0.25, -0.2) is 9.67 Å². The van der Waals surface area contributed by atoms with Crippen LogP contribution in [0.1, 0.15) is 48.7 Å². The molecule has 7 nitrogen and oxygen atoms in total. The molecule has 0 atom stereocenters. The van der Waals surface area contributed by atoms with Crippen molar-refractivity contribution in [3.05, 3.63) is 78.0 Å². The largest absolute Gasteiger partial charge is 0.348 e. The lowest BCUT2D eigenvalue weighted by Gasteiger charge is -2.16. The highest BCUT2D eigenvalue weighted by molar-refractivity contribution is 6.06. The zero-order chi connectivity index (χ0) is 23.7. The quantitative estimate of drug-likeness (QED) is 0.457. The number of carbonyl (C=O) groups excluding carboxylic acids is 2. The average molecular weight is 454 g/mol. The summed E-state index contributed by atoms with van der Waals surface area (Å²) in [6, 6.07) is 19.6. The fraction of sp³-hybridized carbons (Fsp3) is 0.259. The number of fused-ring (bicyclic) bond motifs is 1. The first-order chi connectivity index (χ1) is 16.5. The Kier molecular flexibility index (Phi) is 5.84. The molecular weight excluding hydrogens is 426 g/mol. The number of carbonyl (C=O) groups is 2. The minimum absolute atomic E-state index is 0.118. The van der Waals surface area contributed by atoms with Crippen molar-refractivity contribution in [2.24, 2.45) is 0 Å². The normalized spacial score (nSPS) is 13.7. The van der Waals surface area contributed by atoms with Gasteiger partial charge in [-0.05, 0) is 44.0 Å². The zero-order valence-electron chi connectivity index (χ0n) is 19.4. The Bertz CT molecular complexity index is 1340. The first-order valence-corrected chi connectivity index (χ1v) is 11.6. The number of nitrogens with zero attached hydrogens (tertiary/aromatic N) is 4. The number of benzene rings is 2. The summed E-state index contributed by atoms with van der Waals surface area (Å²) >= 11 is 0. The summed E-state index contributed by atoms with van der Waals surface area (Å²) in [4.78, 5) is 31.9. The van der Waals surface area contributed by atoms with Crippen molar-refractivity contribution < 1.29 is 9.59 Å². The smallest absolute Gasteiger partial charge is 0.252 e. The lowest BCUT2D eigenvalue weighted by molar-refractivity contribution is -0.117. The topological polar surface area (TPSA) is 80.1 Å². The van der Waals surface area contributed by atoms with Gasteiger partial charge < -0.3 is 10.2 Å². The van der Waals surface area contributed by atoms with E-state index < -0.39 is 0 Å². The summed E-state index contributed by atoms with van der Waals surface area (Å²) in [6.45, 7) is 5.24. The van der Waals surface area contributed by atoms with Crippen molar-refractivity contribution in [1.29, 1.82) is 0 Å². The van der Waals surface area contributed by atoms with E-state index in [0.717, 1.165) is 40.9 Å². The maximum absolute atomic E-state index is 13.3. The maximum Gasteiger partial charge on any atom is 0.252 e. The molecule has 0 aliphatic carbocycles. The molecule has 1 saturated heterocycles. The summed E-state index contributed by atoms with van der Waals surface area (Å²) in [5, 5.41) is 8.25. The van der Waals surface area contributed by atoms with Crippen molar-refractivity contribution in [3.63, 3.8) is 0 Å². The third kappa shape index (κ3) is 4.17. The fourth-order valence-corrected chi connectivity index (χ4v) is 4.33. The van der Waals surface area contributed by atoms with Gasteiger partial charge in [0.1, 0.15) is 0 Å². The SMILES string of the molecule is CC(C)n1ncc2c(C(=O)NCc3ccc(N4CCCC4=O)cc3)cc(-c3ccccc3)nc21. The van der Waals surface area contributed by atoms with Crippen molar-refractivity contribution in [1.82, 2.24) is 20.1 Å². The van der Waals surface area contributed by atoms with E-state index >= 15 is 0 Å². The van der Waals surface area contributed by atoms with Crippen molar-refractivity contribution in [2.75, 3.05) is 11.4 Å². The highest BCUT2D eigenvalue weighted by Crippen LogP contribution is 2.27. The lowest BCUT2D eigenvalue weighted by atomic mass is 10.1. The molecule has 1 fully saturated rings. The van der Waals surface area contributed by atoms with Gasteiger partial charge in [-0.3, -0.25) is 9.59 Å². The van der Waals surface area contributed by atoms with E-state index in [1.165, 1.54) is 0 Å². The van der Waals surface area contributed by atoms with Crippen LogP contribution in [-0.2, 0) is 11.3 Å². The molecule has 0 unspecified atom stereocenters. The monoisotopic (exact) mass is 453 g/mol. The van der Waals surface area contributed by atoms with Crippen LogP contribution >= 0.6 is 0 Å². The second kappa shape index (κ2) is 9.09. The lowest BCUT2D eigenvalue weighted by Crippen LogP contribution is -2.24. The average Bonchev–Trinajstić information content (AvgIpc) is 3.49. The third-order valence-corrected chi connectivity index (χ3v) is 6.14. The van der Waals surface area contributed by atoms with Gasteiger partial charge in [0.15, 0.2) is 5.65 Å². The molecule has 0 saturated carbocycles. The first-order valence-electron chi connectivity index (χ1n) is 11.6. The number of nitrogens with one attached hydrogen (secondary N) is 1. The molecule has 0 spiro atoms. The van der Waals surface area contributed by atoms with Crippen molar-refractivity contribution in [3.8, 4) is 11.3 Å². The van der Waals surface area contributed by atoms with Gasteiger partial charge in [-0.2, -0.15) is 5.10 Å². The van der Waals surface area contributed by atoms with Gasteiger partial charge in [0.25, 0.3) is 5.91 Å². The molecule has 3 heterocycles. The van der Waals surface area contributed by atoms with E-state index in [9.17, 15) is 9.59 Å². The van der Waals surface area contributed by atoms with E-state index in [1.807, 2.05) is 84.1 Å². The molecule has 1 aliphatic rings. The van der Waals surface area contributed by atoms with Crippen LogP contribution < -0.4 is 10.2 Å². The zero-order valence-corrected chi connectivity index (χ0v) is 19.4. The number of pyridine rings is 1. The summed E-state index contributed by atoms with van der Waals surface area (Å²) < 4.78 is 1.84. The standard InChI is InChI=1S/C27H27N5O2/c1-18(2)32-26-23(17-29-32)22(15-24(30-26)20-7-4-3-5-8-20)27(34)28-16-19-10-12-21(13-11-19)31-14-6-9-25(31)33/h3-5,7-8,10-13,15,17-18H,6,9,14,16H2,1-2H3,(H,28,34). The van der Waals surface area contributed by atoms with Crippen LogP contribution in [0.4, 0.5) is 5.69 Å². The van der Waals surface area contributed by atoms with Gasteiger partial charge in [0.2, 0.25) is 5.91 Å². The van der Waals surface area contributed by atoms with Crippen LogP contribution in [0.5, 0.6) is 0 Å². The summed E-state index contributed by atoms with van der Waals surface area (Å²) in [5.74, 6) is -0.00870. The fourth-order valence-electron chi connectivity index (χ4n) is 4.33. The Labute approximate surface area is 198 Å². The molecule has 2 aromatic heterocycles. The molecule has 0 radical (unpaired) electrons. The molecule has 2 aromatic carbocycles. The summed E-state index contributed by atoms with van der Waals surface area (Å²) in [6.07, 6.45) is 3.22. The Balaban J connectivity index is 1.41. The Morgan fingerprint density at radius 3 is 2.53 bits per heavy atom. The van der Waals surface area contributed by atoms with Gasteiger partial charge in [0, 0.05) is 36.8 Å². The second-order valence-electron chi connectivity index (χ2n) is 8.84. The maximum atomic E-state index is 13.3. The molecule has 7 heteroatoms. The van der Waals surface area contributed by atoms with Gasteiger partial charge in [-0.1, -0.05) is 42.5 Å². The predicted molar refractivity (Wildman–Crippen MR) is 133 cm³/mol. The molecule has 1 aliphatic heterocycles. The number of aromatic nitrogens is 3. The number of amides is 2. The number of hydrogen-bond donors (Lipinski definition) is 1. The molecule has 172 valence electrons. The minimum Gasteiger partial charge on any atom is -0.348 e. The van der Waals surface area contributed by atoms with E-state index in [1.54, 1.807) is 6.20 Å². The van der Waals surface area contributed by atoms with E-state index in [-0.39, 0.29) is 17.9 Å². The Hall–Kier alpha value is -4.00. The number of hydrogen-bond acceptors (Lipinski definition) is 4. The van der Waals surface area contributed by atoms with Crippen molar-refractivity contribution in [2.45, 2.75) is 39.3 Å². The van der Waals surface area contributed by atoms with Crippen LogP contribution in [0.15, 0.2) is 66.9 Å². The minimum atomic E-state index is -0.174. The molecular formula is C27H27N5O2. The van der Waals surface area contributed by atoms with E-state index in [4.69, 9.17) is 4.98 Å². The molecule has 2 amide bonds. The van der Waals surface area contributed by atoms with Crippen LogP contribution in [0.2, 0.25) is 0 Å². The number of anilines is 1. The molecule has 0 bridgehead atoms. The van der Waals surface area contributed by atoms with Crippen LogP contribution in [0.3, 0.4) is 0 Å². The first kappa shape index (κ1) is 21.8. The van der Waals surface area contributed by atoms with E-state index in [2.05, 4.69) is 10.4 Å². The Morgan fingerprint density at radius 1 is 1.09 bits per heavy atom. The van der Waals surface area contributed by atoms with Gasteiger partial charge >= 0.3 is 0 Å². The molecule has 34 heavy (non-hydrogen) atoms. The summed E-state index contributed by atoms with van der Waals surface area (Å²) in [5.41, 5.74) is 4.80. The third-order valence-electron chi connectivity index (χ3n) is 6.14. The van der Waals surface area contributed by atoms with Crippen molar-refractivity contribution >= 4 is 28.5 Å². The molecule has 1 N–H and O–H groups in total. The number of rotatable bonds is 6. The summed E-state index contributed by atoms with van der Waals surface area (Å²) in [7, 11) is 0. The Morgan fingerprint density at radius 2 is 1.85 bits per heavy atom. The van der Waals surface area contributed by atoms with Crippen LogP contribution in [-0.4, -0.2) is 33.1 Å². The molecule has 5 rings (SSSR count). The highest BCUT2D eigenvalue weighted by Gasteiger charge is 2.22. The van der Waals surface area contributed by atoms with Crippen LogP contribution in [0.25, 0.3) is 22.3 Å². The molecule has 4 aromatic rings. The van der Waals surface area contributed by atoms with Gasteiger partial charge in [-0.15, -0.1) is 0 Å². The predicted octanol–water partition coefficient (Wildman–Crippen LogP) is 4.74. The second-order valence-corrected chi connectivity index (χ2v) is 8.84.